The molecule has 0 aliphatic rings. The summed E-state index contributed by atoms with van der Waals surface area (Å²) in [7, 11) is -3.68. The maximum absolute atomic E-state index is 11.9. The van der Waals surface area contributed by atoms with Crippen molar-refractivity contribution in [3.63, 3.8) is 0 Å². The predicted octanol–water partition coefficient (Wildman–Crippen LogP) is 0.178. The number of amides is 1. The van der Waals surface area contributed by atoms with Crippen LogP contribution in [-0.4, -0.2) is 39.2 Å². The number of sulfonamides is 1. The molecule has 0 saturated heterocycles. The van der Waals surface area contributed by atoms with E-state index in [1.165, 1.54) is 6.92 Å². The van der Waals surface area contributed by atoms with Gasteiger partial charge < -0.3 is 10.5 Å². The van der Waals surface area contributed by atoms with Gasteiger partial charge in [-0.3, -0.25) is 13.9 Å². The Balaban J connectivity index is 3.00. The molecule has 1 rings (SSSR count). The average Bonchev–Trinajstić information content (AvgIpc) is 2.35. The molecule has 116 valence electrons. The Hall–Kier alpha value is -2.09. The summed E-state index contributed by atoms with van der Waals surface area (Å²) in [6.07, 6.45) is -0.125. The zero-order chi connectivity index (χ0) is 16.2. The van der Waals surface area contributed by atoms with Crippen molar-refractivity contribution >= 4 is 27.6 Å². The van der Waals surface area contributed by atoms with Gasteiger partial charge in [0, 0.05) is 0 Å². The van der Waals surface area contributed by atoms with Gasteiger partial charge in [-0.2, -0.15) is 0 Å². The van der Waals surface area contributed by atoms with E-state index in [0.29, 0.717) is 11.3 Å². The SMILES string of the molecule is Cc1ccccc1N(CC(=O)O[C@H](C)C(N)=O)S(C)(=O)=O. The molecule has 0 unspecified atom stereocenters. The molecule has 1 aromatic rings. The molecule has 0 heterocycles. The highest BCUT2D eigenvalue weighted by molar-refractivity contribution is 7.92. The van der Waals surface area contributed by atoms with Gasteiger partial charge in [-0.15, -0.1) is 0 Å². The van der Waals surface area contributed by atoms with Crippen LogP contribution in [0.4, 0.5) is 5.69 Å². The van der Waals surface area contributed by atoms with Crippen molar-refractivity contribution in [1.29, 1.82) is 0 Å². The second-order valence-corrected chi connectivity index (χ2v) is 6.50. The van der Waals surface area contributed by atoms with E-state index in [2.05, 4.69) is 0 Å². The number of hydrogen-bond donors (Lipinski definition) is 1. The number of carbonyl (C=O) groups is 2. The molecule has 7 nitrogen and oxygen atoms in total. The Morgan fingerprint density at radius 2 is 1.90 bits per heavy atom. The second-order valence-electron chi connectivity index (χ2n) is 4.59. The van der Waals surface area contributed by atoms with Crippen molar-refractivity contribution in [1.82, 2.24) is 0 Å². The van der Waals surface area contributed by atoms with Crippen molar-refractivity contribution in [2.45, 2.75) is 20.0 Å². The monoisotopic (exact) mass is 314 g/mol. The third-order valence-corrected chi connectivity index (χ3v) is 3.89. The number of esters is 1. The van der Waals surface area contributed by atoms with Crippen molar-refractivity contribution in [2.24, 2.45) is 5.73 Å². The first kappa shape index (κ1) is 17.0. The number of aryl methyl sites for hydroxylation is 1. The van der Waals surface area contributed by atoms with Crippen LogP contribution < -0.4 is 10.0 Å². The normalized spacial score (nSPS) is 12.5. The first-order chi connectivity index (χ1) is 9.62. The largest absolute Gasteiger partial charge is 0.451 e. The molecule has 0 aliphatic carbocycles. The molecule has 21 heavy (non-hydrogen) atoms. The van der Waals surface area contributed by atoms with Crippen LogP contribution in [-0.2, 0) is 24.3 Å². The van der Waals surface area contributed by atoms with Crippen molar-refractivity contribution in [3.8, 4) is 0 Å². The molecule has 0 fully saturated rings. The quantitative estimate of drug-likeness (QED) is 0.754. The molecule has 0 saturated carbocycles. The molecular formula is C13H18N2O5S. The van der Waals surface area contributed by atoms with Crippen LogP contribution in [0.5, 0.6) is 0 Å². The fourth-order valence-corrected chi connectivity index (χ4v) is 2.54. The number of nitrogens with two attached hydrogens (primary N) is 1. The van der Waals surface area contributed by atoms with Gasteiger partial charge in [0.15, 0.2) is 6.10 Å². The van der Waals surface area contributed by atoms with Crippen LogP contribution in [0.2, 0.25) is 0 Å². The molecule has 0 aliphatic heterocycles. The van der Waals surface area contributed by atoms with Crippen LogP contribution >= 0.6 is 0 Å². The lowest BCUT2D eigenvalue weighted by atomic mass is 10.2. The van der Waals surface area contributed by atoms with Gasteiger partial charge in [0.1, 0.15) is 6.54 Å². The van der Waals surface area contributed by atoms with E-state index in [9.17, 15) is 18.0 Å². The fourth-order valence-electron chi connectivity index (χ4n) is 1.63. The van der Waals surface area contributed by atoms with E-state index in [1.54, 1.807) is 31.2 Å². The van der Waals surface area contributed by atoms with E-state index < -0.39 is 34.5 Å². The summed E-state index contributed by atoms with van der Waals surface area (Å²) in [5, 5.41) is 0. The standard InChI is InChI=1S/C13H18N2O5S/c1-9-6-4-5-7-11(9)15(21(3,18)19)8-12(16)20-10(2)13(14)17/h4-7,10H,8H2,1-3H3,(H2,14,17)/t10-/m1/s1. The van der Waals surface area contributed by atoms with Crippen molar-refractivity contribution < 1.29 is 22.7 Å². The fraction of sp³-hybridized carbons (Fsp3) is 0.385. The number of rotatable bonds is 6. The number of carbonyl (C=O) groups excluding carboxylic acids is 2. The van der Waals surface area contributed by atoms with Gasteiger partial charge >= 0.3 is 5.97 Å². The van der Waals surface area contributed by atoms with Gasteiger partial charge in [-0.05, 0) is 25.5 Å². The molecule has 8 heteroatoms. The summed E-state index contributed by atoms with van der Waals surface area (Å²) in [5.41, 5.74) is 6.06. The Morgan fingerprint density at radius 3 is 2.38 bits per heavy atom. The molecule has 0 spiro atoms. The van der Waals surface area contributed by atoms with Gasteiger partial charge in [0.25, 0.3) is 5.91 Å². The summed E-state index contributed by atoms with van der Waals surface area (Å²) >= 11 is 0. The van der Waals surface area contributed by atoms with Crippen LogP contribution in [0.25, 0.3) is 0 Å². The predicted molar refractivity (Wildman–Crippen MR) is 78.1 cm³/mol. The Morgan fingerprint density at radius 1 is 1.33 bits per heavy atom. The number of ether oxygens (including phenoxy) is 1. The van der Waals surface area contributed by atoms with Crippen LogP contribution in [0.1, 0.15) is 12.5 Å². The van der Waals surface area contributed by atoms with E-state index >= 15 is 0 Å². The average molecular weight is 314 g/mol. The molecular weight excluding hydrogens is 296 g/mol. The summed E-state index contributed by atoms with van der Waals surface area (Å²) in [6, 6.07) is 6.73. The minimum Gasteiger partial charge on any atom is -0.451 e. The summed E-state index contributed by atoms with van der Waals surface area (Å²) in [6.45, 7) is 2.52. The number of primary amides is 1. The number of benzene rings is 1. The highest BCUT2D eigenvalue weighted by Gasteiger charge is 2.24. The minimum atomic E-state index is -3.68. The smallest absolute Gasteiger partial charge is 0.327 e. The number of hydrogen-bond acceptors (Lipinski definition) is 5. The van der Waals surface area contributed by atoms with Crippen LogP contribution in [0.3, 0.4) is 0 Å². The summed E-state index contributed by atoms with van der Waals surface area (Å²) < 4.78 is 29.4. The molecule has 2 N–H and O–H groups in total. The molecule has 1 aromatic carbocycles. The van der Waals surface area contributed by atoms with Crippen molar-refractivity contribution in [2.75, 3.05) is 17.1 Å². The van der Waals surface area contributed by atoms with E-state index in [0.717, 1.165) is 10.6 Å². The molecule has 0 bridgehead atoms. The van der Waals surface area contributed by atoms with Crippen molar-refractivity contribution in [3.05, 3.63) is 29.8 Å². The first-order valence-corrected chi connectivity index (χ1v) is 8.00. The number of para-hydroxylation sites is 1. The summed E-state index contributed by atoms with van der Waals surface area (Å²) in [4.78, 5) is 22.6. The molecule has 1 amide bonds. The first-order valence-electron chi connectivity index (χ1n) is 6.15. The highest BCUT2D eigenvalue weighted by atomic mass is 32.2. The minimum absolute atomic E-state index is 0.378. The lowest BCUT2D eigenvalue weighted by Gasteiger charge is -2.23. The third kappa shape index (κ3) is 4.75. The van der Waals surface area contributed by atoms with Gasteiger partial charge in [0.05, 0.1) is 11.9 Å². The van der Waals surface area contributed by atoms with Gasteiger partial charge in [-0.1, -0.05) is 18.2 Å². The summed E-state index contributed by atoms with van der Waals surface area (Å²) in [5.74, 6) is -1.65. The lowest BCUT2D eigenvalue weighted by molar-refractivity contribution is -0.152. The second kappa shape index (κ2) is 6.57. The van der Waals surface area contributed by atoms with E-state index in [-0.39, 0.29) is 0 Å². The number of anilines is 1. The molecule has 0 aromatic heterocycles. The van der Waals surface area contributed by atoms with Gasteiger partial charge in [0.2, 0.25) is 10.0 Å². The third-order valence-electron chi connectivity index (χ3n) is 2.77. The van der Waals surface area contributed by atoms with Crippen LogP contribution in [0.15, 0.2) is 24.3 Å². The molecule has 0 radical (unpaired) electrons. The van der Waals surface area contributed by atoms with E-state index in [4.69, 9.17) is 10.5 Å². The van der Waals surface area contributed by atoms with E-state index in [1.807, 2.05) is 0 Å². The Kier molecular flexibility index (Phi) is 5.31. The number of nitrogens with zero attached hydrogens (tertiary/aromatic N) is 1. The maximum atomic E-state index is 11.9. The van der Waals surface area contributed by atoms with Gasteiger partial charge in [-0.25, -0.2) is 8.42 Å². The Labute approximate surface area is 123 Å². The topological polar surface area (TPSA) is 107 Å². The zero-order valence-electron chi connectivity index (χ0n) is 12.1. The molecule has 1 atom stereocenters. The Bertz CT molecular complexity index is 642. The lowest BCUT2D eigenvalue weighted by Crippen LogP contribution is -2.39. The zero-order valence-corrected chi connectivity index (χ0v) is 12.9. The van der Waals surface area contributed by atoms with Crippen LogP contribution in [0, 0.1) is 6.92 Å². The highest BCUT2D eigenvalue weighted by Crippen LogP contribution is 2.21. The maximum Gasteiger partial charge on any atom is 0.327 e.